The minimum atomic E-state index is -0.0743. The van der Waals surface area contributed by atoms with Crippen molar-refractivity contribution in [1.82, 2.24) is 20.3 Å². The van der Waals surface area contributed by atoms with Crippen molar-refractivity contribution in [3.8, 4) is 0 Å². The highest BCUT2D eigenvalue weighted by Crippen LogP contribution is 2.14. The fourth-order valence-electron chi connectivity index (χ4n) is 2.26. The molecular weight excluding hydrogens is 268 g/mol. The third-order valence-electron chi connectivity index (χ3n) is 3.73. The molecule has 2 amide bonds. The zero-order valence-electron chi connectivity index (χ0n) is 14.1. The number of aryl methyl sites for hydroxylation is 2. The van der Waals surface area contributed by atoms with E-state index in [0.717, 1.165) is 30.1 Å². The quantitative estimate of drug-likeness (QED) is 0.837. The number of rotatable bonds is 7. The van der Waals surface area contributed by atoms with Crippen LogP contribution in [0.3, 0.4) is 0 Å². The van der Waals surface area contributed by atoms with Crippen LogP contribution in [0.15, 0.2) is 4.52 Å². The Morgan fingerprint density at radius 2 is 2.05 bits per heavy atom. The number of carbonyl (C=O) groups is 1. The molecule has 0 saturated heterocycles. The Hall–Kier alpha value is -1.56. The second-order valence-corrected chi connectivity index (χ2v) is 5.61. The maximum absolute atomic E-state index is 12.1. The molecule has 120 valence electrons. The fraction of sp³-hybridized carbons (Fsp3) is 0.733. The molecule has 0 atom stereocenters. The van der Waals surface area contributed by atoms with Crippen LogP contribution in [0, 0.1) is 13.8 Å². The normalized spacial score (nSPS) is 11.2. The zero-order valence-corrected chi connectivity index (χ0v) is 14.1. The molecule has 0 radical (unpaired) electrons. The van der Waals surface area contributed by atoms with E-state index >= 15 is 0 Å². The summed E-state index contributed by atoms with van der Waals surface area (Å²) in [5, 5.41) is 6.85. The van der Waals surface area contributed by atoms with Gasteiger partial charge in [-0.15, -0.1) is 0 Å². The van der Waals surface area contributed by atoms with Gasteiger partial charge in [-0.3, -0.25) is 4.90 Å². The molecule has 0 aliphatic heterocycles. The lowest BCUT2D eigenvalue weighted by Gasteiger charge is -2.25. The fourth-order valence-corrected chi connectivity index (χ4v) is 2.26. The second-order valence-electron chi connectivity index (χ2n) is 5.61. The van der Waals surface area contributed by atoms with Crippen LogP contribution in [0.5, 0.6) is 0 Å². The minimum absolute atomic E-state index is 0.0743. The largest absolute Gasteiger partial charge is 0.361 e. The van der Waals surface area contributed by atoms with Gasteiger partial charge in [-0.25, -0.2) is 4.79 Å². The van der Waals surface area contributed by atoms with E-state index in [9.17, 15) is 4.79 Å². The van der Waals surface area contributed by atoms with E-state index < -0.39 is 0 Å². The van der Waals surface area contributed by atoms with Crippen molar-refractivity contribution >= 4 is 6.03 Å². The first-order valence-corrected chi connectivity index (χ1v) is 7.51. The summed E-state index contributed by atoms with van der Waals surface area (Å²) in [6.45, 7) is 13.2. The zero-order chi connectivity index (χ0) is 16.0. The molecule has 0 aromatic carbocycles. The topological polar surface area (TPSA) is 61.6 Å². The summed E-state index contributed by atoms with van der Waals surface area (Å²) in [4.78, 5) is 16.0. The van der Waals surface area contributed by atoms with Crippen LogP contribution in [0.1, 0.15) is 37.8 Å². The molecular formula is C15H28N4O2. The van der Waals surface area contributed by atoms with Gasteiger partial charge in [0.15, 0.2) is 0 Å². The van der Waals surface area contributed by atoms with Crippen LogP contribution in [0.4, 0.5) is 4.79 Å². The highest BCUT2D eigenvalue weighted by molar-refractivity contribution is 5.73. The molecule has 0 saturated carbocycles. The molecule has 0 bridgehead atoms. The first-order chi connectivity index (χ1) is 9.86. The molecule has 21 heavy (non-hydrogen) atoms. The molecule has 6 heteroatoms. The van der Waals surface area contributed by atoms with Crippen LogP contribution >= 0.6 is 0 Å². The third kappa shape index (κ3) is 5.04. The van der Waals surface area contributed by atoms with E-state index in [1.165, 1.54) is 0 Å². The first kappa shape index (κ1) is 17.5. The van der Waals surface area contributed by atoms with Crippen molar-refractivity contribution in [2.24, 2.45) is 0 Å². The molecule has 1 aromatic heterocycles. The van der Waals surface area contributed by atoms with E-state index in [4.69, 9.17) is 4.52 Å². The molecule has 1 rings (SSSR count). The maximum Gasteiger partial charge on any atom is 0.317 e. The molecule has 1 heterocycles. The molecule has 0 fully saturated rings. The van der Waals surface area contributed by atoms with Crippen molar-refractivity contribution in [2.45, 2.75) is 47.2 Å². The number of aromatic nitrogens is 1. The average molecular weight is 296 g/mol. The molecule has 0 aliphatic rings. The van der Waals surface area contributed by atoms with Crippen molar-refractivity contribution in [3.05, 3.63) is 17.0 Å². The number of likely N-dealkylation sites (N-methyl/N-ethyl adjacent to an activating group) is 1. The van der Waals surface area contributed by atoms with Crippen LogP contribution in [0.2, 0.25) is 0 Å². The van der Waals surface area contributed by atoms with E-state index in [1.807, 2.05) is 13.8 Å². The lowest BCUT2D eigenvalue weighted by molar-refractivity contribution is 0.198. The van der Waals surface area contributed by atoms with Crippen molar-refractivity contribution < 1.29 is 9.32 Å². The standard InChI is InChI=1S/C15H28N4O2/c1-7-19(11(2)3)9-8-16-15(20)18(6)10-14-12(4)17-21-13(14)5/h11H,7-10H2,1-6H3,(H,16,20). The number of nitrogens with zero attached hydrogens (tertiary/aromatic N) is 3. The lowest BCUT2D eigenvalue weighted by Crippen LogP contribution is -2.42. The lowest BCUT2D eigenvalue weighted by atomic mass is 10.2. The van der Waals surface area contributed by atoms with Gasteiger partial charge in [-0.2, -0.15) is 0 Å². The number of amides is 2. The van der Waals surface area contributed by atoms with Crippen molar-refractivity contribution in [1.29, 1.82) is 0 Å². The van der Waals surface area contributed by atoms with Crippen LogP contribution in [-0.2, 0) is 6.54 Å². The summed E-state index contributed by atoms with van der Waals surface area (Å²) in [6, 6.07) is 0.418. The summed E-state index contributed by atoms with van der Waals surface area (Å²) < 4.78 is 5.11. The SMILES string of the molecule is CCN(CCNC(=O)N(C)Cc1c(C)noc1C)C(C)C. The summed E-state index contributed by atoms with van der Waals surface area (Å²) in [6.07, 6.45) is 0. The first-order valence-electron chi connectivity index (χ1n) is 7.51. The van der Waals surface area contributed by atoms with E-state index in [1.54, 1.807) is 11.9 Å². The second kappa shape index (κ2) is 8.02. The van der Waals surface area contributed by atoms with Gasteiger partial charge in [0.05, 0.1) is 12.2 Å². The molecule has 0 spiro atoms. The number of hydrogen-bond donors (Lipinski definition) is 1. The minimum Gasteiger partial charge on any atom is -0.361 e. The van der Waals surface area contributed by atoms with Gasteiger partial charge >= 0.3 is 6.03 Å². The third-order valence-corrected chi connectivity index (χ3v) is 3.73. The molecule has 0 aliphatic carbocycles. The highest BCUT2D eigenvalue weighted by Gasteiger charge is 2.15. The summed E-state index contributed by atoms with van der Waals surface area (Å²) in [5.41, 5.74) is 1.81. The summed E-state index contributed by atoms with van der Waals surface area (Å²) in [7, 11) is 1.78. The van der Waals surface area contributed by atoms with E-state index in [-0.39, 0.29) is 6.03 Å². The number of urea groups is 1. The van der Waals surface area contributed by atoms with Gasteiger partial charge < -0.3 is 14.7 Å². The Labute approximate surface area is 127 Å². The van der Waals surface area contributed by atoms with E-state index in [0.29, 0.717) is 19.1 Å². The van der Waals surface area contributed by atoms with Gasteiger partial charge in [0.2, 0.25) is 0 Å². The van der Waals surface area contributed by atoms with Gasteiger partial charge in [-0.05, 0) is 34.2 Å². The van der Waals surface area contributed by atoms with Gasteiger partial charge in [0.25, 0.3) is 0 Å². The smallest absolute Gasteiger partial charge is 0.317 e. The summed E-state index contributed by atoms with van der Waals surface area (Å²) in [5.74, 6) is 0.768. The van der Waals surface area contributed by atoms with Crippen LogP contribution < -0.4 is 5.32 Å². The number of carbonyl (C=O) groups excluding carboxylic acids is 1. The average Bonchev–Trinajstić information content (AvgIpc) is 2.74. The Kier molecular flexibility index (Phi) is 6.68. The predicted molar refractivity (Wildman–Crippen MR) is 83.2 cm³/mol. The number of hydrogen-bond acceptors (Lipinski definition) is 4. The van der Waals surface area contributed by atoms with Gasteiger partial charge in [0, 0.05) is 31.7 Å². The molecule has 1 aromatic rings. The predicted octanol–water partition coefficient (Wildman–Crippen LogP) is 2.16. The van der Waals surface area contributed by atoms with Crippen LogP contribution in [-0.4, -0.2) is 53.7 Å². The highest BCUT2D eigenvalue weighted by atomic mass is 16.5. The molecule has 0 unspecified atom stereocenters. The Morgan fingerprint density at radius 1 is 1.38 bits per heavy atom. The monoisotopic (exact) mass is 296 g/mol. The Bertz CT molecular complexity index is 437. The van der Waals surface area contributed by atoms with Crippen molar-refractivity contribution in [2.75, 3.05) is 26.7 Å². The van der Waals surface area contributed by atoms with E-state index in [2.05, 4.69) is 36.1 Å². The maximum atomic E-state index is 12.1. The summed E-state index contributed by atoms with van der Waals surface area (Å²) >= 11 is 0. The van der Waals surface area contributed by atoms with Gasteiger partial charge in [0.1, 0.15) is 5.76 Å². The van der Waals surface area contributed by atoms with Crippen molar-refractivity contribution in [3.63, 3.8) is 0 Å². The van der Waals surface area contributed by atoms with Gasteiger partial charge in [-0.1, -0.05) is 12.1 Å². The number of nitrogens with one attached hydrogen (secondary N) is 1. The van der Waals surface area contributed by atoms with Crippen LogP contribution in [0.25, 0.3) is 0 Å². The molecule has 6 nitrogen and oxygen atoms in total. The Morgan fingerprint density at radius 3 is 2.52 bits per heavy atom. The Balaban J connectivity index is 2.42. The molecule has 1 N–H and O–H groups in total.